The summed E-state index contributed by atoms with van der Waals surface area (Å²) in [7, 11) is 1.75. The first-order valence-electron chi connectivity index (χ1n) is 8.35. The summed E-state index contributed by atoms with van der Waals surface area (Å²) in [6.45, 7) is 3.55. The Hall–Kier alpha value is -3.29. The molecular formula is C19H19FN4O3. The molecule has 0 aliphatic carbocycles. The van der Waals surface area contributed by atoms with Crippen LogP contribution in [0.3, 0.4) is 0 Å². The zero-order valence-electron chi connectivity index (χ0n) is 15.2. The number of nitrogens with zero attached hydrogens (tertiary/aromatic N) is 3. The molecule has 0 radical (unpaired) electrons. The number of aromatic nitrogens is 3. The lowest BCUT2D eigenvalue weighted by Gasteiger charge is -2.18. The standard InChI is InChI=1S/C19H19FN4O3/c1-10-8-14(17-11(2)23-24(3)18(17)21-10)19(27)22-15(9-16(25)26)12-4-6-13(20)7-5-12/h4-8,15H,9H2,1-3H3,(H,22,27)(H,25,26). The molecule has 2 aromatic heterocycles. The molecule has 1 amide bonds. The molecule has 0 aliphatic rings. The summed E-state index contributed by atoms with van der Waals surface area (Å²) < 4.78 is 14.8. The van der Waals surface area contributed by atoms with Crippen LogP contribution in [0.2, 0.25) is 0 Å². The van der Waals surface area contributed by atoms with E-state index in [9.17, 15) is 19.1 Å². The van der Waals surface area contributed by atoms with Gasteiger partial charge in [-0.3, -0.25) is 14.3 Å². The number of carboxylic acid groups (broad SMARTS) is 1. The minimum absolute atomic E-state index is 0.323. The molecule has 1 aromatic carbocycles. The number of aryl methyl sites for hydroxylation is 3. The fraction of sp³-hybridized carbons (Fsp3) is 0.263. The summed E-state index contributed by atoms with van der Waals surface area (Å²) in [6.07, 6.45) is -0.323. The van der Waals surface area contributed by atoms with E-state index in [1.165, 1.54) is 24.3 Å². The van der Waals surface area contributed by atoms with Crippen LogP contribution in [0, 0.1) is 19.7 Å². The molecule has 27 heavy (non-hydrogen) atoms. The topological polar surface area (TPSA) is 97.1 Å². The van der Waals surface area contributed by atoms with Crippen molar-refractivity contribution in [1.82, 2.24) is 20.1 Å². The number of hydrogen-bond acceptors (Lipinski definition) is 4. The fourth-order valence-corrected chi connectivity index (χ4v) is 3.11. The first-order chi connectivity index (χ1) is 12.8. The maximum atomic E-state index is 13.2. The van der Waals surface area contributed by atoms with Crippen molar-refractivity contribution in [3.05, 3.63) is 58.7 Å². The maximum Gasteiger partial charge on any atom is 0.305 e. The summed E-state index contributed by atoms with van der Waals surface area (Å²) in [5.74, 6) is -1.94. The molecule has 1 unspecified atom stereocenters. The quantitative estimate of drug-likeness (QED) is 0.720. The smallest absolute Gasteiger partial charge is 0.305 e. The largest absolute Gasteiger partial charge is 0.481 e. The number of benzene rings is 1. The van der Waals surface area contributed by atoms with Crippen LogP contribution in [0.1, 0.15) is 39.8 Å². The molecule has 3 rings (SSSR count). The summed E-state index contributed by atoms with van der Waals surface area (Å²) in [5, 5.41) is 16.9. The molecule has 1 atom stereocenters. The maximum absolute atomic E-state index is 13.2. The molecule has 0 saturated carbocycles. The van der Waals surface area contributed by atoms with E-state index in [0.29, 0.717) is 33.5 Å². The lowest BCUT2D eigenvalue weighted by molar-refractivity contribution is -0.137. The highest BCUT2D eigenvalue weighted by atomic mass is 19.1. The van der Waals surface area contributed by atoms with Crippen LogP contribution >= 0.6 is 0 Å². The van der Waals surface area contributed by atoms with Gasteiger partial charge in [-0.1, -0.05) is 12.1 Å². The molecule has 8 heteroatoms. The number of aliphatic carboxylic acids is 1. The molecule has 0 aliphatic heterocycles. The Morgan fingerprint density at radius 3 is 2.56 bits per heavy atom. The predicted molar refractivity (Wildman–Crippen MR) is 96.8 cm³/mol. The van der Waals surface area contributed by atoms with Gasteiger partial charge in [0.1, 0.15) is 5.82 Å². The van der Waals surface area contributed by atoms with Crippen molar-refractivity contribution in [1.29, 1.82) is 0 Å². The Bertz CT molecular complexity index is 1030. The number of amides is 1. The average molecular weight is 370 g/mol. The van der Waals surface area contributed by atoms with Crippen LogP contribution in [-0.4, -0.2) is 31.7 Å². The number of halogens is 1. The molecular weight excluding hydrogens is 351 g/mol. The van der Waals surface area contributed by atoms with Crippen LogP contribution in [0.25, 0.3) is 11.0 Å². The number of carbonyl (C=O) groups excluding carboxylic acids is 1. The van der Waals surface area contributed by atoms with E-state index < -0.39 is 23.7 Å². The fourth-order valence-electron chi connectivity index (χ4n) is 3.11. The Morgan fingerprint density at radius 2 is 1.93 bits per heavy atom. The van der Waals surface area contributed by atoms with E-state index >= 15 is 0 Å². The third-order valence-electron chi connectivity index (χ3n) is 4.30. The van der Waals surface area contributed by atoms with Crippen molar-refractivity contribution in [3.63, 3.8) is 0 Å². The zero-order chi connectivity index (χ0) is 19.7. The van der Waals surface area contributed by atoms with Crippen LogP contribution in [0.5, 0.6) is 0 Å². The molecule has 0 saturated heterocycles. The van der Waals surface area contributed by atoms with Gasteiger partial charge in [0.15, 0.2) is 5.65 Å². The lowest BCUT2D eigenvalue weighted by Crippen LogP contribution is -2.30. The van der Waals surface area contributed by atoms with E-state index in [0.717, 1.165) is 0 Å². The van der Waals surface area contributed by atoms with Gasteiger partial charge >= 0.3 is 5.97 Å². The van der Waals surface area contributed by atoms with Crippen LogP contribution in [0.4, 0.5) is 4.39 Å². The molecule has 0 fully saturated rings. The number of carboxylic acids is 1. The SMILES string of the molecule is Cc1cc(C(=O)NC(CC(=O)O)c2ccc(F)cc2)c2c(C)nn(C)c2n1. The normalized spacial score (nSPS) is 12.1. The van der Waals surface area contributed by atoms with Gasteiger partial charge in [0, 0.05) is 12.7 Å². The number of fused-ring (bicyclic) bond motifs is 1. The Kier molecular flexibility index (Phi) is 4.89. The van der Waals surface area contributed by atoms with Crippen molar-refractivity contribution >= 4 is 22.9 Å². The average Bonchev–Trinajstić information content (AvgIpc) is 2.88. The highest BCUT2D eigenvalue weighted by molar-refractivity contribution is 6.06. The number of pyridine rings is 1. The van der Waals surface area contributed by atoms with Gasteiger partial charge in [-0.2, -0.15) is 5.10 Å². The monoisotopic (exact) mass is 370 g/mol. The summed E-state index contributed by atoms with van der Waals surface area (Å²) >= 11 is 0. The van der Waals surface area contributed by atoms with Crippen molar-refractivity contribution in [2.24, 2.45) is 7.05 Å². The van der Waals surface area contributed by atoms with E-state index in [4.69, 9.17) is 0 Å². The molecule has 3 aromatic rings. The Morgan fingerprint density at radius 1 is 1.26 bits per heavy atom. The third kappa shape index (κ3) is 3.79. The van der Waals surface area contributed by atoms with Gasteiger partial charge < -0.3 is 10.4 Å². The predicted octanol–water partition coefficient (Wildman–Crippen LogP) is 2.67. The van der Waals surface area contributed by atoms with Gasteiger partial charge in [-0.25, -0.2) is 9.37 Å². The van der Waals surface area contributed by atoms with Gasteiger partial charge in [-0.15, -0.1) is 0 Å². The van der Waals surface area contributed by atoms with Crippen molar-refractivity contribution in [2.75, 3.05) is 0 Å². The van der Waals surface area contributed by atoms with Gasteiger partial charge in [-0.05, 0) is 37.6 Å². The van der Waals surface area contributed by atoms with E-state index in [2.05, 4.69) is 15.4 Å². The Balaban J connectivity index is 2.00. The van der Waals surface area contributed by atoms with Gasteiger partial charge in [0.05, 0.1) is 29.1 Å². The second kappa shape index (κ2) is 7.14. The van der Waals surface area contributed by atoms with Crippen molar-refractivity contribution in [2.45, 2.75) is 26.3 Å². The second-order valence-corrected chi connectivity index (χ2v) is 6.39. The van der Waals surface area contributed by atoms with Crippen LogP contribution < -0.4 is 5.32 Å². The van der Waals surface area contributed by atoms with Gasteiger partial charge in [0.2, 0.25) is 0 Å². The minimum Gasteiger partial charge on any atom is -0.481 e. The lowest BCUT2D eigenvalue weighted by atomic mass is 10.0. The molecule has 0 bridgehead atoms. The highest BCUT2D eigenvalue weighted by Gasteiger charge is 2.22. The molecule has 2 N–H and O–H groups in total. The Labute approximate surface area is 154 Å². The molecule has 140 valence electrons. The van der Waals surface area contributed by atoms with Crippen molar-refractivity contribution < 1.29 is 19.1 Å². The van der Waals surface area contributed by atoms with E-state index in [1.807, 2.05) is 0 Å². The first kappa shape index (κ1) is 18.5. The third-order valence-corrected chi connectivity index (χ3v) is 4.30. The van der Waals surface area contributed by atoms with E-state index in [1.54, 1.807) is 31.6 Å². The zero-order valence-corrected chi connectivity index (χ0v) is 15.2. The van der Waals surface area contributed by atoms with Gasteiger partial charge in [0.25, 0.3) is 5.91 Å². The highest BCUT2D eigenvalue weighted by Crippen LogP contribution is 2.24. The molecule has 0 spiro atoms. The van der Waals surface area contributed by atoms with Crippen LogP contribution in [0.15, 0.2) is 30.3 Å². The second-order valence-electron chi connectivity index (χ2n) is 6.39. The van der Waals surface area contributed by atoms with Crippen molar-refractivity contribution in [3.8, 4) is 0 Å². The van der Waals surface area contributed by atoms with Crippen LogP contribution in [-0.2, 0) is 11.8 Å². The minimum atomic E-state index is -1.07. The van der Waals surface area contributed by atoms with E-state index in [-0.39, 0.29) is 6.42 Å². The summed E-state index contributed by atoms with van der Waals surface area (Å²) in [4.78, 5) is 28.6. The summed E-state index contributed by atoms with van der Waals surface area (Å²) in [5.41, 5.74) is 2.76. The number of carbonyl (C=O) groups is 2. The molecule has 2 heterocycles. The summed E-state index contributed by atoms with van der Waals surface area (Å²) in [6, 6.07) is 6.25. The first-order valence-corrected chi connectivity index (χ1v) is 8.35. The molecule has 7 nitrogen and oxygen atoms in total. The number of nitrogens with one attached hydrogen (secondary N) is 1. The number of hydrogen-bond donors (Lipinski definition) is 2. The number of rotatable bonds is 5.